The van der Waals surface area contributed by atoms with Crippen LogP contribution in [0.1, 0.15) is 86.0 Å². The molecule has 5 heteroatoms. The lowest BCUT2D eigenvalue weighted by Gasteiger charge is -2.28. The lowest BCUT2D eigenvalue weighted by molar-refractivity contribution is -0.146. The fraction of sp³-hybridized carbons (Fsp3) is 0.833. The molecule has 2 N–H and O–H groups in total. The van der Waals surface area contributed by atoms with Crippen LogP contribution in [0.15, 0.2) is 12.2 Å². The zero-order valence-corrected chi connectivity index (χ0v) is 19.6. The fourth-order valence-electron chi connectivity index (χ4n) is 3.54. The number of hydrogen-bond acceptors (Lipinski definition) is 4. The first-order valence-electron chi connectivity index (χ1n) is 11.4. The van der Waals surface area contributed by atoms with Gasteiger partial charge in [0.1, 0.15) is 6.04 Å². The first-order valence-corrected chi connectivity index (χ1v) is 11.4. The topological polar surface area (TPSA) is 75.6 Å². The number of aliphatic hydroxyl groups excluding tert-OH is 1. The Bertz CT molecular complexity index is 474. The summed E-state index contributed by atoms with van der Waals surface area (Å²) in [6.45, 7) is 10.8. The van der Waals surface area contributed by atoms with Crippen molar-refractivity contribution in [1.29, 1.82) is 0 Å². The highest BCUT2D eigenvalue weighted by molar-refractivity contribution is 5.86. The van der Waals surface area contributed by atoms with Gasteiger partial charge in [0.05, 0.1) is 7.11 Å². The molecular formula is C24H45NO4. The Hall–Kier alpha value is -1.36. The number of amides is 1. The van der Waals surface area contributed by atoms with Gasteiger partial charge in [-0.25, -0.2) is 4.79 Å². The van der Waals surface area contributed by atoms with E-state index in [4.69, 9.17) is 9.84 Å². The zero-order valence-electron chi connectivity index (χ0n) is 19.6. The smallest absolute Gasteiger partial charge is 0.328 e. The van der Waals surface area contributed by atoms with Gasteiger partial charge >= 0.3 is 5.97 Å². The van der Waals surface area contributed by atoms with Crippen LogP contribution in [0.4, 0.5) is 0 Å². The van der Waals surface area contributed by atoms with Crippen molar-refractivity contribution < 1.29 is 19.4 Å². The summed E-state index contributed by atoms with van der Waals surface area (Å²) in [5.74, 6) is 0.257. The Balaban J connectivity index is 5.45. The van der Waals surface area contributed by atoms with Gasteiger partial charge in [0.15, 0.2) is 0 Å². The highest BCUT2D eigenvalue weighted by atomic mass is 16.5. The molecule has 0 radical (unpaired) electrons. The van der Waals surface area contributed by atoms with Crippen molar-refractivity contribution in [3.8, 4) is 0 Å². The second kappa shape index (κ2) is 16.4. The Morgan fingerprint density at radius 3 is 2.17 bits per heavy atom. The molecule has 3 atom stereocenters. The molecule has 5 nitrogen and oxygen atoms in total. The second-order valence-electron chi connectivity index (χ2n) is 8.83. The van der Waals surface area contributed by atoms with Gasteiger partial charge in [-0.15, -0.1) is 0 Å². The Labute approximate surface area is 178 Å². The number of carbonyl (C=O) groups excluding carboxylic acids is 2. The number of unbranched alkanes of at least 4 members (excludes halogenated alkanes) is 3. The molecular weight excluding hydrogens is 366 g/mol. The van der Waals surface area contributed by atoms with E-state index in [2.05, 4.69) is 52.1 Å². The van der Waals surface area contributed by atoms with Crippen LogP contribution in [-0.2, 0) is 14.3 Å². The minimum Gasteiger partial charge on any atom is -0.467 e. The summed E-state index contributed by atoms with van der Waals surface area (Å²) in [5, 5.41) is 12.1. The number of allylic oxidation sites excluding steroid dienone is 2. The number of esters is 1. The van der Waals surface area contributed by atoms with Crippen LogP contribution in [0, 0.1) is 23.7 Å². The minimum absolute atomic E-state index is 0.0620. The Morgan fingerprint density at radius 2 is 1.66 bits per heavy atom. The first-order chi connectivity index (χ1) is 13.8. The monoisotopic (exact) mass is 411 g/mol. The van der Waals surface area contributed by atoms with E-state index < -0.39 is 6.04 Å². The number of nitrogens with one attached hydrogen (secondary N) is 1. The van der Waals surface area contributed by atoms with Gasteiger partial charge in [0, 0.05) is 12.5 Å². The van der Waals surface area contributed by atoms with Crippen molar-refractivity contribution in [2.24, 2.45) is 23.7 Å². The SMILES string of the molecule is CCCCC[C@H](NC(=O)[C@H](CC(C)C)[C@@H](/C=C/C(C)C)CCCCO)C(=O)OC. The van der Waals surface area contributed by atoms with Crippen LogP contribution in [0.25, 0.3) is 0 Å². The number of hydrogen-bond donors (Lipinski definition) is 2. The molecule has 0 aliphatic heterocycles. The Morgan fingerprint density at radius 1 is 1.00 bits per heavy atom. The fourth-order valence-corrected chi connectivity index (χ4v) is 3.54. The second-order valence-corrected chi connectivity index (χ2v) is 8.83. The van der Waals surface area contributed by atoms with E-state index in [0.29, 0.717) is 18.3 Å². The lowest BCUT2D eigenvalue weighted by Crippen LogP contribution is -2.46. The molecule has 170 valence electrons. The molecule has 0 aromatic carbocycles. The molecule has 1 amide bonds. The molecule has 0 fully saturated rings. The zero-order chi connectivity index (χ0) is 22.2. The predicted molar refractivity (Wildman–Crippen MR) is 119 cm³/mol. The van der Waals surface area contributed by atoms with E-state index in [0.717, 1.165) is 44.9 Å². The van der Waals surface area contributed by atoms with E-state index in [9.17, 15) is 9.59 Å². The average molecular weight is 412 g/mol. The number of methoxy groups -OCH3 is 1. The highest BCUT2D eigenvalue weighted by Gasteiger charge is 2.30. The van der Waals surface area contributed by atoms with Crippen molar-refractivity contribution in [2.75, 3.05) is 13.7 Å². The molecule has 0 rings (SSSR count). The van der Waals surface area contributed by atoms with Gasteiger partial charge in [-0.1, -0.05) is 72.5 Å². The van der Waals surface area contributed by atoms with Crippen molar-refractivity contribution in [1.82, 2.24) is 5.32 Å². The average Bonchev–Trinajstić information content (AvgIpc) is 2.67. The maximum atomic E-state index is 13.3. The maximum absolute atomic E-state index is 13.3. The van der Waals surface area contributed by atoms with Gasteiger partial charge in [-0.3, -0.25) is 4.79 Å². The lowest BCUT2D eigenvalue weighted by atomic mass is 9.81. The molecule has 0 bridgehead atoms. The molecule has 0 unspecified atom stereocenters. The van der Waals surface area contributed by atoms with Crippen LogP contribution < -0.4 is 5.32 Å². The summed E-state index contributed by atoms with van der Waals surface area (Å²) >= 11 is 0. The summed E-state index contributed by atoms with van der Waals surface area (Å²) in [6, 6.07) is -0.583. The molecule has 0 heterocycles. The predicted octanol–water partition coefficient (Wildman–Crippen LogP) is 4.88. The molecule has 0 aliphatic rings. The summed E-state index contributed by atoms with van der Waals surface area (Å²) < 4.78 is 4.93. The third kappa shape index (κ3) is 12.7. The van der Waals surface area contributed by atoms with Gasteiger partial charge in [0.25, 0.3) is 0 Å². The summed E-state index contributed by atoms with van der Waals surface area (Å²) in [4.78, 5) is 25.5. The molecule has 0 aliphatic carbocycles. The molecule has 29 heavy (non-hydrogen) atoms. The summed E-state index contributed by atoms with van der Waals surface area (Å²) in [5.41, 5.74) is 0. The van der Waals surface area contributed by atoms with E-state index in [1.807, 2.05) is 0 Å². The van der Waals surface area contributed by atoms with Crippen LogP contribution in [0.3, 0.4) is 0 Å². The number of rotatable bonds is 16. The molecule has 0 saturated carbocycles. The van der Waals surface area contributed by atoms with Gasteiger partial charge < -0.3 is 15.2 Å². The quantitative estimate of drug-likeness (QED) is 0.216. The van der Waals surface area contributed by atoms with Crippen LogP contribution >= 0.6 is 0 Å². The Kier molecular flexibility index (Phi) is 15.7. The third-order valence-corrected chi connectivity index (χ3v) is 5.17. The minimum atomic E-state index is -0.583. The van der Waals surface area contributed by atoms with E-state index in [1.165, 1.54) is 7.11 Å². The maximum Gasteiger partial charge on any atom is 0.328 e. The highest BCUT2D eigenvalue weighted by Crippen LogP contribution is 2.28. The molecule has 0 aromatic rings. The molecule has 0 aromatic heterocycles. The molecule has 0 spiro atoms. The van der Waals surface area contributed by atoms with E-state index in [1.54, 1.807) is 0 Å². The van der Waals surface area contributed by atoms with Crippen LogP contribution in [0.2, 0.25) is 0 Å². The van der Waals surface area contributed by atoms with Gasteiger partial charge in [-0.2, -0.15) is 0 Å². The number of aliphatic hydroxyl groups is 1. The normalized spacial score (nSPS) is 14.9. The number of ether oxygens (including phenoxy) is 1. The number of carbonyl (C=O) groups is 2. The van der Waals surface area contributed by atoms with Gasteiger partial charge in [-0.05, 0) is 43.4 Å². The largest absolute Gasteiger partial charge is 0.467 e. The van der Waals surface area contributed by atoms with E-state index in [-0.39, 0.29) is 30.3 Å². The summed E-state index contributed by atoms with van der Waals surface area (Å²) in [7, 11) is 1.37. The van der Waals surface area contributed by atoms with E-state index >= 15 is 0 Å². The van der Waals surface area contributed by atoms with Crippen molar-refractivity contribution in [3.63, 3.8) is 0 Å². The third-order valence-electron chi connectivity index (χ3n) is 5.17. The summed E-state index contributed by atoms with van der Waals surface area (Å²) in [6.07, 6.45) is 11.1. The molecule has 0 saturated heterocycles. The van der Waals surface area contributed by atoms with Crippen molar-refractivity contribution >= 4 is 11.9 Å². The van der Waals surface area contributed by atoms with Crippen molar-refractivity contribution in [3.05, 3.63) is 12.2 Å². The van der Waals surface area contributed by atoms with Crippen LogP contribution in [-0.4, -0.2) is 36.7 Å². The standard InChI is InChI=1S/C24H45NO4/c1-7-8-9-13-22(24(28)29-6)25-23(27)21(17-19(4)5)20(12-10-11-16-26)15-14-18(2)3/h14-15,18-22,26H,7-13,16-17H2,1-6H3,(H,25,27)/b15-14+/t20-,21-,22+/m1/s1. The van der Waals surface area contributed by atoms with Crippen molar-refractivity contribution in [2.45, 2.75) is 92.0 Å². The van der Waals surface area contributed by atoms with Crippen LogP contribution in [0.5, 0.6) is 0 Å². The van der Waals surface area contributed by atoms with Gasteiger partial charge in [0.2, 0.25) is 5.91 Å². The first kappa shape index (κ1) is 27.6.